The Morgan fingerprint density at radius 1 is 1.20 bits per heavy atom. The summed E-state index contributed by atoms with van der Waals surface area (Å²) in [5, 5.41) is 13.7. The minimum absolute atomic E-state index is 0.0751. The highest BCUT2D eigenvalue weighted by Gasteiger charge is 2.14. The third-order valence-electron chi connectivity index (χ3n) is 4.84. The summed E-state index contributed by atoms with van der Waals surface area (Å²) < 4.78 is 6.47. The molecule has 158 valence electrons. The van der Waals surface area contributed by atoms with Crippen LogP contribution in [0.2, 0.25) is 0 Å². The van der Waals surface area contributed by atoms with Gasteiger partial charge in [0.15, 0.2) is 5.58 Å². The van der Waals surface area contributed by atoms with Gasteiger partial charge in [-0.05, 0) is 31.0 Å². The van der Waals surface area contributed by atoms with Gasteiger partial charge in [-0.15, -0.1) is 0 Å². The lowest BCUT2D eigenvalue weighted by molar-refractivity contribution is -0.384. The van der Waals surface area contributed by atoms with E-state index < -0.39 is 10.7 Å². The summed E-state index contributed by atoms with van der Waals surface area (Å²) >= 11 is 0. The van der Waals surface area contributed by atoms with Crippen molar-refractivity contribution < 1.29 is 14.1 Å². The van der Waals surface area contributed by atoms with Crippen LogP contribution in [0.15, 0.2) is 57.7 Å². The minimum atomic E-state index is -0.588. The lowest BCUT2D eigenvalue weighted by Gasteiger charge is -2.19. The molecule has 2 aromatic carbocycles. The number of rotatable bonds is 10. The van der Waals surface area contributed by atoms with Crippen molar-refractivity contribution in [1.82, 2.24) is 9.88 Å². The number of oxazole rings is 1. The molecule has 0 unspecified atom stereocenters. The SMILES string of the molecule is CN(CCCNC(=O)CCCn1c(=O)oc2cc([N+](=O)[O-])ccc21)c1ccccc1. The second-order valence-corrected chi connectivity index (χ2v) is 6.99. The van der Waals surface area contributed by atoms with Crippen LogP contribution in [-0.4, -0.2) is 35.5 Å². The summed E-state index contributed by atoms with van der Waals surface area (Å²) in [6, 6.07) is 14.1. The lowest BCUT2D eigenvalue weighted by atomic mass is 10.2. The van der Waals surface area contributed by atoms with Gasteiger partial charge in [-0.2, -0.15) is 0 Å². The molecule has 0 radical (unpaired) electrons. The number of aryl methyl sites for hydroxylation is 1. The predicted molar refractivity (Wildman–Crippen MR) is 114 cm³/mol. The molecular weight excluding hydrogens is 388 g/mol. The van der Waals surface area contributed by atoms with Crippen LogP contribution in [0.1, 0.15) is 19.3 Å². The Morgan fingerprint density at radius 3 is 2.70 bits per heavy atom. The highest BCUT2D eigenvalue weighted by molar-refractivity contribution is 5.76. The van der Waals surface area contributed by atoms with Gasteiger partial charge < -0.3 is 14.6 Å². The van der Waals surface area contributed by atoms with Gasteiger partial charge in [0.2, 0.25) is 5.91 Å². The van der Waals surface area contributed by atoms with Crippen LogP contribution in [-0.2, 0) is 11.3 Å². The van der Waals surface area contributed by atoms with E-state index in [-0.39, 0.29) is 23.6 Å². The molecular formula is C21H24N4O5. The van der Waals surface area contributed by atoms with Crippen LogP contribution >= 0.6 is 0 Å². The fourth-order valence-electron chi connectivity index (χ4n) is 3.22. The van der Waals surface area contributed by atoms with Gasteiger partial charge in [0.05, 0.1) is 16.5 Å². The number of nitro groups is 1. The third kappa shape index (κ3) is 5.25. The number of carbonyl (C=O) groups excluding carboxylic acids is 1. The van der Waals surface area contributed by atoms with Crippen molar-refractivity contribution in [3.8, 4) is 0 Å². The normalized spacial score (nSPS) is 10.8. The first-order chi connectivity index (χ1) is 14.5. The van der Waals surface area contributed by atoms with Gasteiger partial charge in [0, 0.05) is 44.9 Å². The average molecular weight is 412 g/mol. The summed E-state index contributed by atoms with van der Waals surface area (Å²) in [6.07, 6.45) is 1.56. The molecule has 3 rings (SSSR count). The Hall–Kier alpha value is -3.62. The number of aromatic nitrogens is 1. The highest BCUT2D eigenvalue weighted by Crippen LogP contribution is 2.20. The number of fused-ring (bicyclic) bond motifs is 1. The topological polar surface area (TPSA) is 111 Å². The standard InChI is InChI=1S/C21H24N4O5/c1-23(16-7-3-2-4-8-16)13-6-12-22-20(26)9-5-14-24-18-11-10-17(25(28)29)15-19(18)30-21(24)27/h2-4,7-8,10-11,15H,5-6,9,12-14H2,1H3,(H,22,26). The molecule has 9 heteroatoms. The number of nitrogens with one attached hydrogen (secondary N) is 1. The fraction of sp³-hybridized carbons (Fsp3) is 0.333. The first kappa shape index (κ1) is 21.1. The maximum absolute atomic E-state index is 12.0. The largest absolute Gasteiger partial charge is 0.419 e. The molecule has 1 heterocycles. The zero-order chi connectivity index (χ0) is 21.5. The van der Waals surface area contributed by atoms with E-state index in [4.69, 9.17) is 4.42 Å². The summed E-state index contributed by atoms with van der Waals surface area (Å²) in [7, 11) is 2.01. The van der Waals surface area contributed by atoms with Crippen LogP contribution in [0, 0.1) is 10.1 Å². The molecule has 0 saturated heterocycles. The van der Waals surface area contributed by atoms with E-state index >= 15 is 0 Å². The molecule has 0 saturated carbocycles. The van der Waals surface area contributed by atoms with Crippen LogP contribution in [0.25, 0.3) is 11.1 Å². The van der Waals surface area contributed by atoms with Crippen LogP contribution in [0.4, 0.5) is 11.4 Å². The van der Waals surface area contributed by atoms with Crippen molar-refractivity contribution in [2.45, 2.75) is 25.8 Å². The van der Waals surface area contributed by atoms with Crippen molar-refractivity contribution in [3.05, 3.63) is 69.2 Å². The molecule has 0 fully saturated rings. The van der Waals surface area contributed by atoms with Crippen LogP contribution in [0.5, 0.6) is 0 Å². The van der Waals surface area contributed by atoms with E-state index in [1.165, 1.54) is 22.8 Å². The molecule has 9 nitrogen and oxygen atoms in total. The number of nitro benzene ring substituents is 1. The molecule has 0 bridgehead atoms. The number of amides is 1. The van der Waals surface area contributed by atoms with Crippen molar-refractivity contribution >= 4 is 28.4 Å². The van der Waals surface area contributed by atoms with E-state index in [9.17, 15) is 19.7 Å². The number of anilines is 1. The number of carbonyl (C=O) groups is 1. The Morgan fingerprint density at radius 2 is 1.97 bits per heavy atom. The molecule has 0 spiro atoms. The summed E-state index contributed by atoms with van der Waals surface area (Å²) in [5.41, 5.74) is 1.64. The lowest BCUT2D eigenvalue weighted by Crippen LogP contribution is -2.28. The molecule has 30 heavy (non-hydrogen) atoms. The summed E-state index contributed by atoms with van der Waals surface area (Å²) in [4.78, 5) is 36.5. The predicted octanol–water partition coefficient (Wildman–Crippen LogP) is 2.93. The second-order valence-electron chi connectivity index (χ2n) is 6.99. The number of nitrogens with zero attached hydrogens (tertiary/aromatic N) is 3. The number of benzene rings is 2. The molecule has 1 aromatic heterocycles. The molecule has 0 atom stereocenters. The maximum atomic E-state index is 12.0. The van der Waals surface area contributed by atoms with Gasteiger partial charge in [0.1, 0.15) is 0 Å². The number of hydrogen-bond donors (Lipinski definition) is 1. The quantitative estimate of drug-likeness (QED) is 0.311. The van der Waals surface area contributed by atoms with Gasteiger partial charge >= 0.3 is 5.76 Å². The molecule has 1 N–H and O–H groups in total. The van der Waals surface area contributed by atoms with Crippen LogP contribution in [0.3, 0.4) is 0 Å². The molecule has 1 amide bonds. The summed E-state index contributed by atoms with van der Waals surface area (Å²) in [6.45, 7) is 1.70. The first-order valence-corrected chi connectivity index (χ1v) is 9.76. The van der Waals surface area contributed by atoms with Gasteiger partial charge in [0.25, 0.3) is 5.69 Å². The molecule has 3 aromatic rings. The Kier molecular flexibility index (Phi) is 6.84. The number of non-ortho nitro benzene ring substituents is 1. The van der Waals surface area contributed by atoms with Gasteiger partial charge in [-0.25, -0.2) is 4.79 Å². The third-order valence-corrected chi connectivity index (χ3v) is 4.84. The van der Waals surface area contributed by atoms with Gasteiger partial charge in [-0.1, -0.05) is 18.2 Å². The van der Waals surface area contributed by atoms with E-state index in [0.717, 1.165) is 18.7 Å². The Bertz CT molecular complexity index is 1070. The Balaban J connectivity index is 1.42. The smallest absolute Gasteiger partial charge is 0.407 e. The van der Waals surface area contributed by atoms with E-state index in [2.05, 4.69) is 10.2 Å². The van der Waals surface area contributed by atoms with Crippen LogP contribution < -0.4 is 16.0 Å². The van der Waals surface area contributed by atoms with Crippen molar-refractivity contribution in [2.24, 2.45) is 0 Å². The fourth-order valence-corrected chi connectivity index (χ4v) is 3.22. The monoisotopic (exact) mass is 412 g/mol. The Labute approximate surface area is 173 Å². The molecule has 0 aliphatic heterocycles. The first-order valence-electron chi connectivity index (χ1n) is 9.76. The second kappa shape index (κ2) is 9.73. The van der Waals surface area contributed by atoms with Gasteiger partial charge in [-0.3, -0.25) is 19.5 Å². The van der Waals surface area contributed by atoms with Crippen molar-refractivity contribution in [1.29, 1.82) is 0 Å². The highest BCUT2D eigenvalue weighted by atomic mass is 16.6. The van der Waals surface area contributed by atoms with E-state index in [1.54, 1.807) is 0 Å². The zero-order valence-electron chi connectivity index (χ0n) is 16.7. The van der Waals surface area contributed by atoms with E-state index in [0.29, 0.717) is 25.0 Å². The van der Waals surface area contributed by atoms with Crippen molar-refractivity contribution in [2.75, 3.05) is 25.0 Å². The average Bonchev–Trinajstić information content (AvgIpc) is 3.06. The number of hydrogen-bond acceptors (Lipinski definition) is 6. The molecule has 0 aliphatic carbocycles. The summed E-state index contributed by atoms with van der Waals surface area (Å²) in [5.74, 6) is -0.663. The minimum Gasteiger partial charge on any atom is -0.407 e. The number of para-hydroxylation sites is 1. The molecule has 0 aliphatic rings. The maximum Gasteiger partial charge on any atom is 0.419 e. The zero-order valence-corrected chi connectivity index (χ0v) is 16.7. The van der Waals surface area contributed by atoms with E-state index in [1.807, 2.05) is 37.4 Å². The van der Waals surface area contributed by atoms with Crippen molar-refractivity contribution in [3.63, 3.8) is 0 Å².